The molecule has 0 aromatic heterocycles. The summed E-state index contributed by atoms with van der Waals surface area (Å²) >= 11 is 3.17. The minimum absolute atomic E-state index is 0.0227. The summed E-state index contributed by atoms with van der Waals surface area (Å²) in [5.41, 5.74) is 3.95. The summed E-state index contributed by atoms with van der Waals surface area (Å²) in [4.78, 5) is 24.4. The highest BCUT2D eigenvalue weighted by atomic mass is 79.9. The first-order valence-electron chi connectivity index (χ1n) is 9.93. The van der Waals surface area contributed by atoms with Crippen LogP contribution >= 0.6 is 15.9 Å². The summed E-state index contributed by atoms with van der Waals surface area (Å²) in [6.07, 6.45) is -0.993. The van der Waals surface area contributed by atoms with Gasteiger partial charge in [-0.15, -0.1) is 0 Å². The Balaban J connectivity index is 1.52. The van der Waals surface area contributed by atoms with E-state index in [1.807, 2.05) is 48.5 Å². The molecule has 9 heteroatoms. The lowest BCUT2D eigenvalue weighted by Crippen LogP contribution is -2.35. The van der Waals surface area contributed by atoms with Gasteiger partial charge in [-0.2, -0.15) is 8.78 Å². The summed E-state index contributed by atoms with van der Waals surface area (Å²) in [5, 5.41) is 11.9. The van der Waals surface area contributed by atoms with Crippen LogP contribution < -0.4 is 10.1 Å². The van der Waals surface area contributed by atoms with Crippen LogP contribution in [0.1, 0.15) is 28.7 Å². The van der Waals surface area contributed by atoms with Crippen molar-refractivity contribution in [3.63, 3.8) is 0 Å². The third kappa shape index (κ3) is 4.83. The van der Waals surface area contributed by atoms with Crippen LogP contribution in [0.3, 0.4) is 0 Å². The average molecular weight is 518 g/mol. The van der Waals surface area contributed by atoms with Crippen molar-refractivity contribution in [2.45, 2.75) is 18.6 Å². The monoisotopic (exact) mass is 517 g/mol. The van der Waals surface area contributed by atoms with Crippen molar-refractivity contribution in [3.8, 4) is 16.9 Å². The van der Waals surface area contributed by atoms with Gasteiger partial charge in [-0.25, -0.2) is 9.59 Å². The lowest BCUT2D eigenvalue weighted by molar-refractivity contribution is -0.139. The number of carbonyl (C=O) groups is 2. The molecule has 0 spiro atoms. The van der Waals surface area contributed by atoms with Gasteiger partial charge in [0.15, 0.2) is 6.04 Å². The van der Waals surface area contributed by atoms with Crippen LogP contribution in [0.25, 0.3) is 11.1 Å². The Bertz CT molecular complexity index is 1160. The summed E-state index contributed by atoms with van der Waals surface area (Å²) in [6.45, 7) is -3.18. The summed E-state index contributed by atoms with van der Waals surface area (Å²) in [7, 11) is 0. The van der Waals surface area contributed by atoms with Crippen molar-refractivity contribution < 1.29 is 33.0 Å². The first-order chi connectivity index (χ1) is 15.8. The number of carboxylic acids is 1. The van der Waals surface area contributed by atoms with Crippen LogP contribution in [0.2, 0.25) is 0 Å². The van der Waals surface area contributed by atoms with E-state index in [-0.39, 0.29) is 23.8 Å². The van der Waals surface area contributed by atoms with Crippen molar-refractivity contribution in [3.05, 3.63) is 87.9 Å². The Morgan fingerprint density at radius 2 is 1.61 bits per heavy atom. The van der Waals surface area contributed by atoms with E-state index in [1.54, 1.807) is 0 Å². The SMILES string of the molecule is O=C(NC(C(=O)O)c1cc(Br)ccc1OC(F)F)OCC1c2ccccc2-c2ccccc21. The third-order valence-electron chi connectivity index (χ3n) is 5.35. The topological polar surface area (TPSA) is 84.9 Å². The molecule has 33 heavy (non-hydrogen) atoms. The van der Waals surface area contributed by atoms with Crippen molar-refractivity contribution in [2.75, 3.05) is 6.61 Å². The minimum Gasteiger partial charge on any atom is -0.479 e. The molecule has 1 aliphatic carbocycles. The van der Waals surface area contributed by atoms with E-state index in [0.29, 0.717) is 4.47 Å². The number of carboxylic acid groups (broad SMARTS) is 1. The molecule has 0 aliphatic heterocycles. The van der Waals surface area contributed by atoms with Gasteiger partial charge in [-0.05, 0) is 40.5 Å². The van der Waals surface area contributed by atoms with Crippen molar-refractivity contribution in [2.24, 2.45) is 0 Å². The van der Waals surface area contributed by atoms with E-state index in [4.69, 9.17) is 4.74 Å². The number of ether oxygens (including phenoxy) is 2. The Kier molecular flexibility index (Phi) is 6.60. The number of carbonyl (C=O) groups excluding carboxylic acids is 1. The fourth-order valence-electron chi connectivity index (χ4n) is 3.98. The minimum atomic E-state index is -3.16. The molecule has 3 aromatic rings. The zero-order valence-corrected chi connectivity index (χ0v) is 18.6. The van der Waals surface area contributed by atoms with Crippen molar-refractivity contribution >= 4 is 28.0 Å². The second kappa shape index (κ2) is 9.58. The molecule has 0 fully saturated rings. The molecule has 1 amide bonds. The van der Waals surface area contributed by atoms with Crippen LogP contribution in [0.4, 0.5) is 13.6 Å². The number of alkyl halides is 2. The number of fused-ring (bicyclic) bond motifs is 3. The number of hydrogen-bond donors (Lipinski definition) is 2. The van der Waals surface area contributed by atoms with E-state index in [1.165, 1.54) is 18.2 Å². The van der Waals surface area contributed by atoms with E-state index >= 15 is 0 Å². The molecule has 0 saturated carbocycles. The first kappa shape index (κ1) is 22.7. The number of hydrogen-bond acceptors (Lipinski definition) is 4. The van der Waals surface area contributed by atoms with Crippen molar-refractivity contribution in [1.29, 1.82) is 0 Å². The van der Waals surface area contributed by atoms with Gasteiger partial charge in [-0.3, -0.25) is 0 Å². The molecule has 1 aliphatic rings. The maximum absolute atomic E-state index is 12.8. The molecule has 2 N–H and O–H groups in total. The number of aliphatic carboxylic acids is 1. The van der Waals surface area contributed by atoms with Crippen LogP contribution in [0.15, 0.2) is 71.2 Å². The van der Waals surface area contributed by atoms with Crippen LogP contribution in [-0.2, 0) is 9.53 Å². The second-order valence-electron chi connectivity index (χ2n) is 7.30. The van der Waals surface area contributed by atoms with Gasteiger partial charge in [0, 0.05) is 16.0 Å². The lowest BCUT2D eigenvalue weighted by Gasteiger charge is -2.20. The number of nitrogens with one attached hydrogen (secondary N) is 1. The highest BCUT2D eigenvalue weighted by molar-refractivity contribution is 9.10. The molecule has 6 nitrogen and oxygen atoms in total. The van der Waals surface area contributed by atoms with Gasteiger partial charge in [0.25, 0.3) is 0 Å². The molecule has 0 bridgehead atoms. The predicted molar refractivity (Wildman–Crippen MR) is 119 cm³/mol. The first-order valence-corrected chi connectivity index (χ1v) is 10.7. The van der Waals surface area contributed by atoms with Gasteiger partial charge in [-0.1, -0.05) is 64.5 Å². The standard InChI is InChI=1S/C24H18BrF2NO5/c25-13-9-10-20(33-23(26)27)18(11-13)21(22(29)30)28-24(31)32-12-19-16-7-3-1-5-14(16)15-6-2-4-8-17(15)19/h1-11,19,21,23H,12H2,(H,28,31)(H,29,30). The number of alkyl carbamates (subject to hydrolysis) is 1. The lowest BCUT2D eigenvalue weighted by atomic mass is 9.98. The maximum Gasteiger partial charge on any atom is 0.408 e. The number of amides is 1. The zero-order chi connectivity index (χ0) is 23.5. The molecule has 0 heterocycles. The Labute approximate surface area is 196 Å². The highest BCUT2D eigenvalue weighted by Crippen LogP contribution is 2.44. The number of rotatable bonds is 7. The number of halogens is 3. The van der Waals surface area contributed by atoms with Crippen LogP contribution in [0.5, 0.6) is 5.75 Å². The molecule has 3 aromatic carbocycles. The van der Waals surface area contributed by atoms with Gasteiger partial charge in [0.05, 0.1) is 0 Å². The fourth-order valence-corrected chi connectivity index (χ4v) is 4.36. The Hall–Kier alpha value is -3.46. The van der Waals surface area contributed by atoms with Crippen LogP contribution in [0, 0.1) is 0 Å². The molecule has 0 saturated heterocycles. The summed E-state index contributed by atoms with van der Waals surface area (Å²) < 4.78 is 35.8. The molecule has 0 radical (unpaired) electrons. The number of benzene rings is 3. The molecular formula is C24H18BrF2NO5. The van der Waals surface area contributed by atoms with E-state index in [9.17, 15) is 23.5 Å². The molecule has 1 atom stereocenters. The maximum atomic E-state index is 12.8. The van der Waals surface area contributed by atoms with Gasteiger partial charge in [0.1, 0.15) is 12.4 Å². The zero-order valence-electron chi connectivity index (χ0n) is 17.0. The largest absolute Gasteiger partial charge is 0.479 e. The quantitative estimate of drug-likeness (QED) is 0.419. The average Bonchev–Trinajstić information content (AvgIpc) is 3.11. The molecular weight excluding hydrogens is 500 g/mol. The fraction of sp³-hybridized carbons (Fsp3) is 0.167. The Morgan fingerprint density at radius 3 is 2.18 bits per heavy atom. The second-order valence-corrected chi connectivity index (χ2v) is 8.22. The smallest absolute Gasteiger partial charge is 0.408 e. The van der Waals surface area contributed by atoms with Crippen molar-refractivity contribution in [1.82, 2.24) is 5.32 Å². The predicted octanol–water partition coefficient (Wildman–Crippen LogP) is 5.71. The molecule has 1 unspecified atom stereocenters. The van der Waals surface area contributed by atoms with Gasteiger partial charge >= 0.3 is 18.7 Å². The molecule has 170 valence electrons. The van der Waals surface area contributed by atoms with Crippen LogP contribution in [-0.4, -0.2) is 30.4 Å². The van der Waals surface area contributed by atoms with Gasteiger partial charge < -0.3 is 19.9 Å². The Morgan fingerprint density at radius 1 is 1.00 bits per heavy atom. The van der Waals surface area contributed by atoms with E-state index in [2.05, 4.69) is 26.0 Å². The normalized spacial score (nSPS) is 13.2. The summed E-state index contributed by atoms with van der Waals surface area (Å²) in [5.74, 6) is -2.03. The van der Waals surface area contributed by atoms with E-state index in [0.717, 1.165) is 22.3 Å². The van der Waals surface area contributed by atoms with Gasteiger partial charge in [0.2, 0.25) is 0 Å². The third-order valence-corrected chi connectivity index (χ3v) is 5.84. The summed E-state index contributed by atoms with van der Waals surface area (Å²) in [6, 6.07) is 17.8. The highest BCUT2D eigenvalue weighted by Gasteiger charge is 2.31. The van der Waals surface area contributed by atoms with E-state index < -0.39 is 24.7 Å². The molecule has 4 rings (SSSR count).